The Labute approximate surface area is 220 Å². The second-order valence-corrected chi connectivity index (χ2v) is 9.19. The van der Waals surface area contributed by atoms with Crippen LogP contribution < -0.4 is 15.0 Å². The molecule has 36 heavy (non-hydrogen) atoms. The van der Waals surface area contributed by atoms with E-state index in [1.807, 2.05) is 0 Å². The lowest BCUT2D eigenvalue weighted by Gasteiger charge is -2.26. The summed E-state index contributed by atoms with van der Waals surface area (Å²) in [7, 11) is 0. The highest BCUT2D eigenvalue weighted by molar-refractivity contribution is 9.11. The maximum Gasteiger partial charge on any atom is 0.335 e. The molecule has 0 saturated carbocycles. The number of benzene rings is 3. The standard InChI is InChI=1S/C24H14Br2FN3O6/c25-15-8-14(21(19(26)10-15)36-12-13-4-1-2-7-20(13)27)9-18-22(31)28-24(33)29(23(18)32)16-5-3-6-17(11-16)30(34)35/h1-11H,12H2,(H,28,31,33)/b18-9+. The number of hydrogen-bond acceptors (Lipinski definition) is 6. The molecule has 1 aliphatic heterocycles. The van der Waals surface area contributed by atoms with Gasteiger partial charge in [-0.25, -0.2) is 14.1 Å². The minimum Gasteiger partial charge on any atom is -0.487 e. The minimum absolute atomic E-state index is 0.0865. The van der Waals surface area contributed by atoms with Gasteiger partial charge in [0.05, 0.1) is 15.1 Å². The third kappa shape index (κ3) is 5.19. The summed E-state index contributed by atoms with van der Waals surface area (Å²) >= 11 is 6.71. The van der Waals surface area contributed by atoms with Crippen LogP contribution in [0.5, 0.6) is 5.75 Å². The molecule has 0 spiro atoms. The highest BCUT2D eigenvalue weighted by atomic mass is 79.9. The Morgan fingerprint density at radius 3 is 2.53 bits per heavy atom. The predicted molar refractivity (Wildman–Crippen MR) is 135 cm³/mol. The molecule has 1 saturated heterocycles. The first-order valence-electron chi connectivity index (χ1n) is 10.2. The van der Waals surface area contributed by atoms with Crippen LogP contribution in [-0.4, -0.2) is 22.8 Å². The highest BCUT2D eigenvalue weighted by Crippen LogP contribution is 2.36. The largest absolute Gasteiger partial charge is 0.487 e. The summed E-state index contributed by atoms with van der Waals surface area (Å²) in [6, 6.07) is 13.1. The Morgan fingerprint density at radius 2 is 1.81 bits per heavy atom. The number of nitrogens with zero attached hydrogens (tertiary/aromatic N) is 2. The molecule has 4 rings (SSSR count). The van der Waals surface area contributed by atoms with Gasteiger partial charge in [0.2, 0.25) is 0 Å². The Morgan fingerprint density at radius 1 is 1.06 bits per heavy atom. The van der Waals surface area contributed by atoms with Crippen molar-refractivity contribution in [2.24, 2.45) is 0 Å². The molecule has 9 nitrogen and oxygen atoms in total. The van der Waals surface area contributed by atoms with Crippen molar-refractivity contribution in [1.82, 2.24) is 5.32 Å². The van der Waals surface area contributed by atoms with Gasteiger partial charge < -0.3 is 4.74 Å². The summed E-state index contributed by atoms with van der Waals surface area (Å²) in [5.74, 6) is -2.19. The average Bonchev–Trinajstić information content (AvgIpc) is 2.82. The van der Waals surface area contributed by atoms with Crippen molar-refractivity contribution in [3.63, 3.8) is 0 Å². The summed E-state index contributed by atoms with van der Waals surface area (Å²) in [4.78, 5) is 49.4. The molecular weight excluding hydrogens is 605 g/mol. The number of ether oxygens (including phenoxy) is 1. The zero-order valence-electron chi connectivity index (χ0n) is 18.0. The molecule has 182 valence electrons. The summed E-state index contributed by atoms with van der Waals surface area (Å²) in [6.07, 6.45) is 1.22. The van der Waals surface area contributed by atoms with E-state index >= 15 is 0 Å². The molecule has 1 N–H and O–H groups in total. The number of urea groups is 1. The van der Waals surface area contributed by atoms with Crippen LogP contribution in [0.4, 0.5) is 20.6 Å². The molecule has 0 radical (unpaired) electrons. The van der Waals surface area contributed by atoms with E-state index in [0.717, 1.165) is 6.07 Å². The molecule has 1 aliphatic rings. The van der Waals surface area contributed by atoms with Crippen molar-refractivity contribution in [3.8, 4) is 5.75 Å². The van der Waals surface area contributed by atoms with Gasteiger partial charge in [0, 0.05) is 27.7 Å². The fourth-order valence-corrected chi connectivity index (χ4v) is 4.77. The van der Waals surface area contributed by atoms with Gasteiger partial charge in [0.1, 0.15) is 23.7 Å². The van der Waals surface area contributed by atoms with Gasteiger partial charge in [-0.1, -0.05) is 40.2 Å². The van der Waals surface area contributed by atoms with E-state index in [0.29, 0.717) is 19.4 Å². The Bertz CT molecular complexity index is 1460. The normalized spacial score (nSPS) is 14.7. The third-order valence-electron chi connectivity index (χ3n) is 5.07. The van der Waals surface area contributed by atoms with Crippen LogP contribution in [0.1, 0.15) is 11.1 Å². The van der Waals surface area contributed by atoms with Crippen molar-refractivity contribution < 1.29 is 28.4 Å². The van der Waals surface area contributed by atoms with Crippen LogP contribution in [-0.2, 0) is 16.2 Å². The van der Waals surface area contributed by atoms with Gasteiger partial charge in [-0.2, -0.15) is 0 Å². The lowest BCUT2D eigenvalue weighted by molar-refractivity contribution is -0.384. The quantitative estimate of drug-likeness (QED) is 0.169. The van der Waals surface area contributed by atoms with Crippen LogP contribution in [0.15, 0.2) is 75.2 Å². The Hall–Kier alpha value is -3.90. The molecule has 0 unspecified atom stereocenters. The number of non-ortho nitro benzene ring substituents is 1. The van der Waals surface area contributed by atoms with E-state index in [2.05, 4.69) is 37.2 Å². The number of amides is 4. The number of anilines is 1. The van der Waals surface area contributed by atoms with E-state index < -0.39 is 34.2 Å². The number of nitro benzene ring substituents is 1. The molecular formula is C24H14Br2FN3O6. The van der Waals surface area contributed by atoms with Crippen LogP contribution >= 0.6 is 31.9 Å². The number of carbonyl (C=O) groups is 3. The number of halogens is 3. The van der Waals surface area contributed by atoms with Gasteiger partial charge in [-0.15, -0.1) is 0 Å². The second-order valence-electron chi connectivity index (χ2n) is 7.42. The number of hydrogen-bond donors (Lipinski definition) is 1. The maximum absolute atomic E-state index is 14.1. The first-order chi connectivity index (χ1) is 17.2. The SMILES string of the molecule is O=C1NC(=O)N(c2cccc([N+](=O)[O-])c2)C(=O)/C1=C/c1cc(Br)cc(Br)c1OCc1ccccc1F. The summed E-state index contributed by atoms with van der Waals surface area (Å²) in [5.41, 5.74) is -0.270. The van der Waals surface area contributed by atoms with E-state index in [-0.39, 0.29) is 29.3 Å². The second kappa shape index (κ2) is 10.4. The number of barbiturate groups is 1. The van der Waals surface area contributed by atoms with E-state index in [9.17, 15) is 28.9 Å². The lowest BCUT2D eigenvalue weighted by Crippen LogP contribution is -2.54. The average molecular weight is 619 g/mol. The van der Waals surface area contributed by atoms with E-state index in [1.54, 1.807) is 30.3 Å². The van der Waals surface area contributed by atoms with E-state index in [4.69, 9.17) is 4.74 Å². The number of rotatable bonds is 6. The summed E-state index contributed by atoms with van der Waals surface area (Å²) < 4.78 is 20.9. The van der Waals surface area contributed by atoms with Crippen molar-refractivity contribution >= 4 is 67.2 Å². The van der Waals surface area contributed by atoms with Gasteiger partial charge in [-0.05, 0) is 46.3 Å². The van der Waals surface area contributed by atoms with Crippen molar-refractivity contribution in [3.05, 3.63) is 102 Å². The van der Waals surface area contributed by atoms with Crippen molar-refractivity contribution in [2.75, 3.05) is 4.90 Å². The zero-order valence-corrected chi connectivity index (χ0v) is 21.2. The van der Waals surface area contributed by atoms with Crippen LogP contribution in [0.25, 0.3) is 6.08 Å². The van der Waals surface area contributed by atoms with Gasteiger partial charge in [0.25, 0.3) is 17.5 Å². The Kier molecular flexibility index (Phi) is 7.27. The number of carbonyl (C=O) groups excluding carboxylic acids is 3. The summed E-state index contributed by atoms with van der Waals surface area (Å²) in [5, 5.41) is 13.2. The fourth-order valence-electron chi connectivity index (χ4n) is 3.40. The molecule has 1 heterocycles. The number of imide groups is 2. The maximum atomic E-state index is 14.1. The minimum atomic E-state index is -1.05. The topological polar surface area (TPSA) is 119 Å². The highest BCUT2D eigenvalue weighted by Gasteiger charge is 2.37. The van der Waals surface area contributed by atoms with Crippen LogP contribution in [0.3, 0.4) is 0 Å². The van der Waals surface area contributed by atoms with Crippen LogP contribution in [0, 0.1) is 15.9 Å². The Balaban J connectivity index is 1.73. The van der Waals surface area contributed by atoms with Crippen LogP contribution in [0.2, 0.25) is 0 Å². The number of nitro groups is 1. The molecule has 1 fully saturated rings. The zero-order chi connectivity index (χ0) is 26.0. The van der Waals surface area contributed by atoms with Gasteiger partial charge in [-0.3, -0.25) is 25.0 Å². The van der Waals surface area contributed by atoms with E-state index in [1.165, 1.54) is 30.3 Å². The summed E-state index contributed by atoms with van der Waals surface area (Å²) in [6.45, 7) is -0.137. The molecule has 3 aromatic rings. The molecule has 0 aliphatic carbocycles. The fraction of sp³-hybridized carbons (Fsp3) is 0.0417. The molecule has 4 amide bonds. The van der Waals surface area contributed by atoms with Gasteiger partial charge in [0.15, 0.2) is 0 Å². The number of nitrogens with one attached hydrogen (secondary N) is 1. The molecule has 0 atom stereocenters. The predicted octanol–water partition coefficient (Wildman–Crippen LogP) is 5.50. The first kappa shape index (κ1) is 25.2. The molecule has 3 aromatic carbocycles. The molecule has 0 aromatic heterocycles. The lowest BCUT2D eigenvalue weighted by atomic mass is 10.1. The van der Waals surface area contributed by atoms with Crippen molar-refractivity contribution in [1.29, 1.82) is 0 Å². The monoisotopic (exact) mass is 617 g/mol. The molecule has 0 bridgehead atoms. The van der Waals surface area contributed by atoms with Gasteiger partial charge >= 0.3 is 6.03 Å². The third-order valence-corrected chi connectivity index (χ3v) is 6.11. The smallest absolute Gasteiger partial charge is 0.335 e. The first-order valence-corrected chi connectivity index (χ1v) is 11.8. The molecule has 12 heteroatoms. The van der Waals surface area contributed by atoms with Crippen molar-refractivity contribution in [2.45, 2.75) is 6.61 Å².